The van der Waals surface area contributed by atoms with Crippen LogP contribution in [0.25, 0.3) is 0 Å². The smallest absolute Gasteiger partial charge is 0.0800 e. The molecule has 1 aliphatic rings. The maximum Gasteiger partial charge on any atom is 0.0800 e. The molecule has 0 aromatic carbocycles. The zero-order valence-electron chi connectivity index (χ0n) is 6.51. The molecule has 0 nitrogen and oxygen atoms in total. The summed E-state index contributed by atoms with van der Waals surface area (Å²) in [6.07, 6.45) is 0. The molecule has 0 N–H and O–H groups in total. The van der Waals surface area contributed by atoms with Crippen molar-refractivity contribution >= 4 is 46.4 Å². The molecule has 12 heavy (non-hydrogen) atoms. The van der Waals surface area contributed by atoms with Crippen LogP contribution in [0.3, 0.4) is 0 Å². The first-order valence-electron chi connectivity index (χ1n) is 3.26. The second-order valence-corrected chi connectivity index (χ2v) is 4.14. The van der Waals surface area contributed by atoms with Crippen molar-refractivity contribution in [3.05, 3.63) is 31.3 Å². The number of rotatable bonds is 0. The topological polar surface area (TPSA) is 0 Å². The predicted molar refractivity (Wildman–Crippen MR) is 55.8 cm³/mol. The highest BCUT2D eigenvalue weighted by Gasteiger charge is 2.25. The van der Waals surface area contributed by atoms with Crippen LogP contribution in [0.2, 0.25) is 0 Å². The van der Waals surface area contributed by atoms with Gasteiger partial charge in [-0.25, -0.2) is 0 Å². The molecule has 0 saturated heterocycles. The summed E-state index contributed by atoms with van der Waals surface area (Å²) in [6.45, 7) is 3.81. The van der Waals surface area contributed by atoms with Crippen molar-refractivity contribution in [3.63, 3.8) is 0 Å². The molecule has 0 amide bonds. The summed E-state index contributed by atoms with van der Waals surface area (Å²) in [5, 5.41) is 1.54. The summed E-state index contributed by atoms with van der Waals surface area (Å²) in [6, 6.07) is 0. The van der Waals surface area contributed by atoms with Crippen molar-refractivity contribution in [1.82, 2.24) is 0 Å². The fourth-order valence-electron chi connectivity index (χ4n) is 0.948. The molecule has 0 bridgehead atoms. The molecule has 0 fully saturated rings. The molecule has 0 heterocycles. The Morgan fingerprint density at radius 3 is 1.25 bits per heavy atom. The maximum absolute atomic E-state index is 5.89. The number of hydrogen-bond acceptors (Lipinski definition) is 0. The van der Waals surface area contributed by atoms with Crippen LogP contribution in [0.15, 0.2) is 31.3 Å². The Morgan fingerprint density at radius 1 is 0.750 bits per heavy atom. The first kappa shape index (κ1) is 10.5. The van der Waals surface area contributed by atoms with Crippen LogP contribution in [0.4, 0.5) is 0 Å². The molecule has 0 saturated carbocycles. The zero-order valence-corrected chi connectivity index (χ0v) is 9.54. The van der Waals surface area contributed by atoms with Crippen LogP contribution in [0.1, 0.15) is 13.8 Å². The fourth-order valence-corrected chi connectivity index (χ4v) is 2.23. The highest BCUT2D eigenvalue weighted by atomic mass is 35.5. The molecule has 1 rings (SSSR count). The Labute approximate surface area is 91.4 Å². The first-order valence-corrected chi connectivity index (χ1v) is 4.77. The second-order valence-electron chi connectivity index (χ2n) is 2.63. The summed E-state index contributed by atoms with van der Waals surface area (Å²) in [7, 11) is 0. The van der Waals surface area contributed by atoms with Crippen molar-refractivity contribution in [3.8, 4) is 0 Å². The minimum Gasteiger partial charge on any atom is -0.0819 e. The summed E-state index contributed by atoms with van der Waals surface area (Å²) in [4.78, 5) is 0. The minimum absolute atomic E-state index is 0.333. The van der Waals surface area contributed by atoms with Gasteiger partial charge in [0.1, 0.15) is 0 Å². The predicted octanol–water partition coefficient (Wildman–Crippen LogP) is 4.71. The highest BCUT2D eigenvalue weighted by molar-refractivity contribution is 6.55. The van der Waals surface area contributed by atoms with Gasteiger partial charge in [0, 0.05) is 5.57 Å². The van der Waals surface area contributed by atoms with Crippen LogP contribution in [0.5, 0.6) is 0 Å². The number of halogens is 4. The molecule has 0 radical (unpaired) electrons. The van der Waals surface area contributed by atoms with Crippen LogP contribution < -0.4 is 0 Å². The third-order valence-corrected chi connectivity index (χ3v) is 3.32. The summed E-state index contributed by atoms with van der Waals surface area (Å²) in [5.41, 5.74) is 1.74. The van der Waals surface area contributed by atoms with Crippen LogP contribution in [-0.4, -0.2) is 0 Å². The summed E-state index contributed by atoms with van der Waals surface area (Å²) in [5.74, 6) is 0. The maximum atomic E-state index is 5.89. The molecule has 66 valence electrons. The van der Waals surface area contributed by atoms with E-state index in [0.29, 0.717) is 20.1 Å². The zero-order chi connectivity index (χ0) is 9.46. The largest absolute Gasteiger partial charge is 0.0819 e. The van der Waals surface area contributed by atoms with Crippen LogP contribution in [0, 0.1) is 0 Å². The Morgan fingerprint density at radius 2 is 1.08 bits per heavy atom. The van der Waals surface area contributed by atoms with Gasteiger partial charge in [0.15, 0.2) is 0 Å². The van der Waals surface area contributed by atoms with E-state index in [0.717, 1.165) is 11.1 Å². The molecule has 0 atom stereocenters. The van der Waals surface area contributed by atoms with E-state index in [1.54, 1.807) is 0 Å². The van der Waals surface area contributed by atoms with Crippen LogP contribution in [-0.2, 0) is 0 Å². The van der Waals surface area contributed by atoms with Crippen LogP contribution >= 0.6 is 46.4 Å². The average Bonchev–Trinajstić information content (AvgIpc) is 2.16. The monoisotopic (exact) mass is 242 g/mol. The van der Waals surface area contributed by atoms with E-state index in [1.165, 1.54) is 0 Å². The van der Waals surface area contributed by atoms with Crippen molar-refractivity contribution < 1.29 is 0 Å². The Kier molecular flexibility index (Phi) is 3.16. The SMILES string of the molecule is CC(C)=C1C(Cl)=C(Cl)C(Cl)=C1Cl. The van der Waals surface area contributed by atoms with Gasteiger partial charge in [-0.1, -0.05) is 52.0 Å². The molecular weight excluding hydrogens is 238 g/mol. The van der Waals surface area contributed by atoms with Crippen molar-refractivity contribution in [1.29, 1.82) is 0 Å². The van der Waals surface area contributed by atoms with E-state index in [2.05, 4.69) is 0 Å². The van der Waals surface area contributed by atoms with E-state index in [4.69, 9.17) is 46.4 Å². The summed E-state index contributed by atoms with van der Waals surface area (Å²) >= 11 is 23.4. The van der Waals surface area contributed by atoms with E-state index >= 15 is 0 Å². The Balaban J connectivity index is 3.37. The standard InChI is InChI=1S/C8H6Cl4/c1-3(2)4-5(9)7(11)8(12)6(4)10/h1-2H3. The Hall–Kier alpha value is 0.380. The number of hydrogen-bond donors (Lipinski definition) is 0. The number of allylic oxidation sites excluding steroid dienone is 6. The molecule has 0 spiro atoms. The minimum atomic E-state index is 0.333. The van der Waals surface area contributed by atoms with Gasteiger partial charge in [0.05, 0.1) is 20.1 Å². The first-order chi connectivity index (χ1) is 5.46. The van der Waals surface area contributed by atoms with Gasteiger partial charge in [-0.2, -0.15) is 0 Å². The van der Waals surface area contributed by atoms with Crippen molar-refractivity contribution in [2.45, 2.75) is 13.8 Å². The highest BCUT2D eigenvalue weighted by Crippen LogP contribution is 2.45. The van der Waals surface area contributed by atoms with Crippen molar-refractivity contribution in [2.24, 2.45) is 0 Å². The van der Waals surface area contributed by atoms with Gasteiger partial charge in [0.25, 0.3) is 0 Å². The second kappa shape index (κ2) is 3.63. The Bertz CT molecular complexity index is 290. The normalized spacial score (nSPS) is 18.0. The molecule has 0 aromatic heterocycles. The van der Waals surface area contributed by atoms with Gasteiger partial charge in [0.2, 0.25) is 0 Å². The van der Waals surface area contributed by atoms with Gasteiger partial charge >= 0.3 is 0 Å². The molecule has 0 aromatic rings. The molecule has 1 aliphatic carbocycles. The third kappa shape index (κ3) is 1.54. The van der Waals surface area contributed by atoms with E-state index in [1.807, 2.05) is 13.8 Å². The lowest BCUT2D eigenvalue weighted by Crippen LogP contribution is -1.82. The lowest BCUT2D eigenvalue weighted by molar-refractivity contribution is 1.33. The quantitative estimate of drug-likeness (QED) is 0.578. The van der Waals surface area contributed by atoms with Gasteiger partial charge in [-0.05, 0) is 13.8 Å². The van der Waals surface area contributed by atoms with Gasteiger partial charge < -0.3 is 0 Å². The van der Waals surface area contributed by atoms with Crippen molar-refractivity contribution in [2.75, 3.05) is 0 Å². The lowest BCUT2D eigenvalue weighted by atomic mass is 10.2. The molecule has 0 aliphatic heterocycles. The fraction of sp³-hybridized carbons (Fsp3) is 0.250. The lowest BCUT2D eigenvalue weighted by Gasteiger charge is -2.00. The molecule has 4 heteroatoms. The molecule has 0 unspecified atom stereocenters. The third-order valence-electron chi connectivity index (χ3n) is 1.52. The van der Waals surface area contributed by atoms with E-state index < -0.39 is 0 Å². The average molecular weight is 244 g/mol. The van der Waals surface area contributed by atoms with E-state index in [-0.39, 0.29) is 0 Å². The molecular formula is C8H6Cl4. The van der Waals surface area contributed by atoms with E-state index in [9.17, 15) is 0 Å². The van der Waals surface area contributed by atoms with Gasteiger partial charge in [-0.3, -0.25) is 0 Å². The van der Waals surface area contributed by atoms with Gasteiger partial charge in [-0.15, -0.1) is 0 Å². The summed E-state index contributed by atoms with van der Waals surface area (Å²) < 4.78 is 0.